The monoisotopic (exact) mass is 640 g/mol. The van der Waals surface area contributed by atoms with Gasteiger partial charge in [0, 0.05) is 49.6 Å². The van der Waals surface area contributed by atoms with E-state index < -0.39 is 30.0 Å². The number of thioether (sulfide) groups is 1. The van der Waals surface area contributed by atoms with Crippen LogP contribution in [0.25, 0.3) is 10.9 Å². The van der Waals surface area contributed by atoms with Gasteiger partial charge in [-0.05, 0) is 49.7 Å². The molecule has 2 aliphatic rings. The van der Waals surface area contributed by atoms with E-state index in [9.17, 15) is 24.0 Å². The van der Waals surface area contributed by atoms with E-state index in [1.54, 1.807) is 23.7 Å². The third-order valence-electron chi connectivity index (χ3n) is 9.27. The van der Waals surface area contributed by atoms with Gasteiger partial charge >= 0.3 is 0 Å². The number of unbranched alkanes of at least 4 members (excludes halogenated alkanes) is 2. The number of para-hydroxylation sites is 1. The maximum Gasteiger partial charge on any atom is 0.246 e. The van der Waals surface area contributed by atoms with Gasteiger partial charge in [-0.2, -0.15) is 4.73 Å². The molecule has 3 heterocycles. The van der Waals surface area contributed by atoms with Crippen molar-refractivity contribution in [3.05, 3.63) is 36.0 Å². The van der Waals surface area contributed by atoms with Crippen molar-refractivity contribution in [3.8, 4) is 0 Å². The first-order valence-corrected chi connectivity index (χ1v) is 17.3. The number of carbonyl (C=O) groups excluding carboxylic acids is 5. The topological polar surface area (TPSA) is 127 Å². The summed E-state index contributed by atoms with van der Waals surface area (Å²) in [5, 5.41) is 6.99. The Labute approximate surface area is 270 Å². The van der Waals surface area contributed by atoms with E-state index in [-0.39, 0.29) is 41.5 Å². The zero-order valence-electron chi connectivity index (χ0n) is 27.0. The molecule has 2 aromatic rings. The normalized spacial score (nSPS) is 23.9. The Morgan fingerprint density at radius 3 is 2.58 bits per heavy atom. The molecule has 0 radical (unpaired) electrons. The number of piperidine rings is 1. The molecule has 0 bridgehead atoms. The summed E-state index contributed by atoms with van der Waals surface area (Å²) in [6.45, 7) is 5.92. The first-order valence-electron chi connectivity index (χ1n) is 16.3. The Morgan fingerprint density at radius 2 is 1.84 bits per heavy atom. The molecular weight excluding hydrogens is 592 g/mol. The van der Waals surface area contributed by atoms with Gasteiger partial charge in [0.2, 0.25) is 17.7 Å². The number of hydrogen-bond donors (Lipinski definition) is 2. The number of aromatic nitrogens is 1. The number of rotatable bonds is 11. The summed E-state index contributed by atoms with van der Waals surface area (Å²) in [7, 11) is 1.57. The standard InChI is InChI=1S/C34H48N4O6S/c1-5-22(2)31-34(43)37-17-11-10-16-29(37)30(40)20-24(13-7-6-12-18-45-23(3)39)32(41)35-27(33(42)36-31)19-25-21-38(44-4)28-15-9-8-14-26(25)28/h8-9,14-15,21-22,24,27,29,31H,5-7,10-13,16-20H2,1-4H3,(H,35,41)(H,36,42)/t22?,24-,27+,29-,31+/m1/s1. The van der Waals surface area contributed by atoms with Gasteiger partial charge in [0.15, 0.2) is 10.9 Å². The fourth-order valence-electron chi connectivity index (χ4n) is 6.49. The fourth-order valence-corrected chi connectivity index (χ4v) is 7.12. The van der Waals surface area contributed by atoms with E-state index in [1.165, 1.54) is 11.8 Å². The highest BCUT2D eigenvalue weighted by molar-refractivity contribution is 8.13. The third-order valence-corrected chi connectivity index (χ3v) is 10.2. The number of benzene rings is 1. The Kier molecular flexibility index (Phi) is 12.5. The first-order chi connectivity index (χ1) is 21.6. The van der Waals surface area contributed by atoms with Crippen molar-refractivity contribution in [2.45, 2.75) is 103 Å². The third kappa shape index (κ3) is 8.68. The molecule has 45 heavy (non-hydrogen) atoms. The number of nitrogens with zero attached hydrogens (tertiary/aromatic N) is 2. The lowest BCUT2D eigenvalue weighted by molar-refractivity contribution is -0.147. The summed E-state index contributed by atoms with van der Waals surface area (Å²) in [5.74, 6) is -1.14. The van der Waals surface area contributed by atoms with Gasteiger partial charge in [-0.15, -0.1) is 0 Å². The van der Waals surface area contributed by atoms with E-state index in [4.69, 9.17) is 4.84 Å². The summed E-state index contributed by atoms with van der Waals surface area (Å²) in [6.07, 6.45) is 7.74. The van der Waals surface area contributed by atoms with Gasteiger partial charge < -0.3 is 20.4 Å². The van der Waals surface area contributed by atoms with Crippen molar-refractivity contribution in [2.75, 3.05) is 19.4 Å². The van der Waals surface area contributed by atoms with Crippen LogP contribution in [0.15, 0.2) is 30.5 Å². The lowest BCUT2D eigenvalue weighted by Gasteiger charge is -2.39. The Balaban J connectivity index is 1.65. The lowest BCUT2D eigenvalue weighted by atomic mass is 9.87. The predicted octanol–water partition coefficient (Wildman–Crippen LogP) is 4.07. The smallest absolute Gasteiger partial charge is 0.246 e. The SMILES string of the molecule is CCC(C)[C@@H]1NC(=O)[C@H](Cc2cn(OC)c3ccccc23)NC(=O)[C@H](CCCCCSC(C)=O)CC(=O)[C@H]2CCCCN2C1=O. The van der Waals surface area contributed by atoms with Crippen LogP contribution in [0.2, 0.25) is 0 Å². The minimum Gasteiger partial charge on any atom is -0.417 e. The van der Waals surface area contributed by atoms with E-state index >= 15 is 0 Å². The molecule has 246 valence electrons. The van der Waals surface area contributed by atoms with Gasteiger partial charge in [-0.3, -0.25) is 24.0 Å². The Morgan fingerprint density at radius 1 is 1.07 bits per heavy atom. The number of Topliss-reactive ketones (excluding diaryl/α,β-unsaturated/α-hetero) is 1. The van der Waals surface area contributed by atoms with Crippen molar-refractivity contribution >= 4 is 51.3 Å². The van der Waals surface area contributed by atoms with E-state index in [0.717, 1.165) is 47.9 Å². The zero-order valence-corrected chi connectivity index (χ0v) is 27.8. The quantitative estimate of drug-likeness (QED) is 0.355. The molecule has 11 heteroatoms. The molecule has 3 amide bonds. The van der Waals surface area contributed by atoms with Gasteiger partial charge in [0.05, 0.1) is 11.6 Å². The number of hydrogen-bond acceptors (Lipinski definition) is 7. The van der Waals surface area contributed by atoms with Crippen LogP contribution in [0.1, 0.15) is 84.1 Å². The first kappa shape index (κ1) is 34.5. The number of amides is 3. The second-order valence-electron chi connectivity index (χ2n) is 12.4. The maximum atomic E-state index is 14.1. The summed E-state index contributed by atoms with van der Waals surface area (Å²) in [4.78, 5) is 74.4. The second kappa shape index (κ2) is 16.3. The molecule has 1 aromatic carbocycles. The molecule has 1 aromatic heterocycles. The van der Waals surface area contributed by atoms with Crippen LogP contribution in [0.3, 0.4) is 0 Å². The van der Waals surface area contributed by atoms with Gasteiger partial charge in [-0.1, -0.05) is 63.1 Å². The minimum atomic E-state index is -0.964. The summed E-state index contributed by atoms with van der Waals surface area (Å²) >= 11 is 1.29. The minimum absolute atomic E-state index is 0.0216. The van der Waals surface area contributed by atoms with Crippen LogP contribution in [0.5, 0.6) is 0 Å². The molecule has 2 N–H and O–H groups in total. The van der Waals surface area contributed by atoms with Crippen molar-refractivity contribution in [1.82, 2.24) is 20.3 Å². The fraction of sp³-hybridized carbons (Fsp3) is 0.618. The van der Waals surface area contributed by atoms with Crippen LogP contribution in [-0.2, 0) is 30.4 Å². The average molecular weight is 641 g/mol. The van der Waals surface area contributed by atoms with E-state index in [1.807, 2.05) is 44.3 Å². The predicted molar refractivity (Wildman–Crippen MR) is 176 cm³/mol. The summed E-state index contributed by atoms with van der Waals surface area (Å²) in [5.41, 5.74) is 1.66. The molecule has 0 spiro atoms. The number of ketones is 1. The molecule has 2 fully saturated rings. The van der Waals surface area contributed by atoms with E-state index in [2.05, 4.69) is 10.6 Å². The average Bonchev–Trinajstić information content (AvgIpc) is 3.40. The molecule has 0 saturated carbocycles. The van der Waals surface area contributed by atoms with Crippen molar-refractivity contribution in [2.24, 2.45) is 11.8 Å². The van der Waals surface area contributed by atoms with Crippen molar-refractivity contribution in [3.63, 3.8) is 0 Å². The van der Waals surface area contributed by atoms with Gasteiger partial charge in [-0.25, -0.2) is 0 Å². The van der Waals surface area contributed by atoms with Crippen LogP contribution in [0, 0.1) is 11.8 Å². The van der Waals surface area contributed by atoms with Gasteiger partial charge in [0.1, 0.15) is 19.2 Å². The molecule has 1 unspecified atom stereocenters. The molecule has 2 saturated heterocycles. The number of carbonyl (C=O) groups is 5. The largest absolute Gasteiger partial charge is 0.417 e. The van der Waals surface area contributed by atoms with Gasteiger partial charge in [0.25, 0.3) is 0 Å². The van der Waals surface area contributed by atoms with Crippen molar-refractivity contribution < 1.29 is 28.8 Å². The number of nitrogens with one attached hydrogen (secondary N) is 2. The van der Waals surface area contributed by atoms with E-state index in [0.29, 0.717) is 32.2 Å². The summed E-state index contributed by atoms with van der Waals surface area (Å²) in [6, 6.07) is 5.33. The maximum absolute atomic E-state index is 14.1. The molecule has 2 aliphatic heterocycles. The van der Waals surface area contributed by atoms with Crippen molar-refractivity contribution in [1.29, 1.82) is 0 Å². The van der Waals surface area contributed by atoms with Crippen LogP contribution < -0.4 is 15.5 Å². The highest BCUT2D eigenvalue weighted by Gasteiger charge is 2.40. The highest BCUT2D eigenvalue weighted by atomic mass is 32.2. The molecule has 5 atom stereocenters. The highest BCUT2D eigenvalue weighted by Crippen LogP contribution is 2.27. The molecule has 4 rings (SSSR count). The molecule has 10 nitrogen and oxygen atoms in total. The van der Waals surface area contributed by atoms with Crippen LogP contribution in [0.4, 0.5) is 0 Å². The number of fused-ring (bicyclic) bond motifs is 2. The lowest BCUT2D eigenvalue weighted by Crippen LogP contribution is -2.61. The zero-order chi connectivity index (χ0) is 32.5. The van der Waals surface area contributed by atoms with Crippen LogP contribution >= 0.6 is 11.8 Å². The Hall–Kier alpha value is -3.34. The second-order valence-corrected chi connectivity index (χ2v) is 13.7. The molecular formula is C34H48N4O6S. The molecule has 0 aliphatic carbocycles. The van der Waals surface area contributed by atoms with Crippen LogP contribution in [-0.4, -0.2) is 75.8 Å². The summed E-state index contributed by atoms with van der Waals surface area (Å²) < 4.78 is 1.63. The Bertz CT molecular complexity index is 1380.